The molecule has 0 amide bonds. The highest BCUT2D eigenvalue weighted by Gasteiger charge is 2.16. The normalized spacial score (nSPS) is 10.7. The van der Waals surface area contributed by atoms with E-state index in [1.54, 1.807) is 0 Å². The number of hydrogen-bond acceptors (Lipinski definition) is 2. The maximum Gasteiger partial charge on any atom is 0.0462 e. The van der Waals surface area contributed by atoms with Gasteiger partial charge in [-0.1, -0.05) is 194 Å². The molecule has 10 aromatic carbocycles. The quantitative estimate of drug-likeness (QED) is 0.120. The van der Waals surface area contributed by atoms with Crippen LogP contribution in [0.2, 0.25) is 0 Å². The van der Waals surface area contributed by atoms with Gasteiger partial charge in [0.15, 0.2) is 0 Å². The average molecular weight is 859 g/mol. The first-order valence-corrected chi connectivity index (χ1v) is 24.2. The van der Waals surface area contributed by atoms with Crippen LogP contribution in [0.3, 0.4) is 0 Å². The van der Waals surface area contributed by atoms with Crippen molar-refractivity contribution in [2.45, 2.75) is 0 Å². The lowest BCUT2D eigenvalue weighted by Crippen LogP contribution is -2.10. The summed E-state index contributed by atoms with van der Waals surface area (Å²) in [5, 5.41) is 0. The molecule has 0 N–H and O–H groups in total. The minimum absolute atomic E-state index is 1.09. The molecule has 2 atom stereocenters. The van der Waals surface area contributed by atoms with Crippen LogP contribution in [-0.2, 0) is 0 Å². The number of hydrogen-bond donors (Lipinski definition) is 0. The van der Waals surface area contributed by atoms with E-state index in [1.807, 2.05) is 0 Å². The van der Waals surface area contributed by atoms with Crippen LogP contribution in [0.5, 0.6) is 0 Å². The van der Waals surface area contributed by atoms with E-state index in [0.29, 0.717) is 0 Å². The molecule has 0 aliphatic heterocycles. The Hall–Kier alpha value is -7.34. The van der Waals surface area contributed by atoms with Crippen LogP contribution in [0, 0.1) is 0 Å². The summed E-state index contributed by atoms with van der Waals surface area (Å²) in [5.41, 5.74) is 18.5. The van der Waals surface area contributed by atoms with Crippen LogP contribution in [0.1, 0.15) is 0 Å². The Balaban J connectivity index is 0.00000256. The summed E-state index contributed by atoms with van der Waals surface area (Å²) in [4.78, 5) is 4.67. The number of anilines is 6. The second-order valence-corrected chi connectivity index (χ2v) is 15.4. The van der Waals surface area contributed by atoms with Gasteiger partial charge in [-0.2, -0.15) is 0 Å². The van der Waals surface area contributed by atoms with Crippen molar-refractivity contribution >= 4 is 52.0 Å². The molecule has 0 aromatic heterocycles. The molecule has 4 heteroatoms. The van der Waals surface area contributed by atoms with E-state index in [9.17, 15) is 0 Å². The first kappa shape index (κ1) is 42.0. The van der Waals surface area contributed by atoms with Gasteiger partial charge in [-0.25, -0.2) is 0 Å². The van der Waals surface area contributed by atoms with Gasteiger partial charge in [0.25, 0.3) is 0 Å². The van der Waals surface area contributed by atoms with Gasteiger partial charge in [-0.3, -0.25) is 0 Å². The summed E-state index contributed by atoms with van der Waals surface area (Å²) in [7, 11) is 4.67. The molecule has 64 heavy (non-hydrogen) atoms. The van der Waals surface area contributed by atoms with Crippen LogP contribution in [0.4, 0.5) is 34.1 Å². The molecule has 0 saturated heterocycles. The van der Waals surface area contributed by atoms with Gasteiger partial charge in [-0.05, 0) is 128 Å². The molecule has 0 spiro atoms. The van der Waals surface area contributed by atoms with E-state index in [-0.39, 0.29) is 0 Å². The van der Waals surface area contributed by atoms with Crippen molar-refractivity contribution in [3.63, 3.8) is 0 Å². The maximum absolute atomic E-state index is 2.33. The molecule has 0 saturated carbocycles. The van der Waals surface area contributed by atoms with E-state index in [4.69, 9.17) is 0 Å². The van der Waals surface area contributed by atoms with Crippen molar-refractivity contribution < 1.29 is 0 Å². The second kappa shape index (κ2) is 20.2. The molecule has 0 bridgehead atoms. The van der Waals surface area contributed by atoms with Gasteiger partial charge in [0.2, 0.25) is 0 Å². The standard InChI is InChI=1S/C60H44N2.H4P2/c1-5-13-45(14-6-1)49-21-33-55(34-22-49)61(56-35-23-50(24-36-56)46-15-7-2-8-16-46)59-41-29-53(30-42-59)54-31-43-60(44-32-54)62(57-37-25-51(26-38-57)47-17-9-3-10-18-47)58-39-27-52(28-40-58)48-19-11-4-12-20-48;1-2/h1-44H;1-2H2. The highest BCUT2D eigenvalue weighted by Crippen LogP contribution is 2.40. The van der Waals surface area contributed by atoms with Crippen LogP contribution in [0.25, 0.3) is 55.6 Å². The Morgan fingerprint density at radius 1 is 0.156 bits per heavy atom. The Morgan fingerprint density at radius 3 is 0.422 bits per heavy atom. The summed E-state index contributed by atoms with van der Waals surface area (Å²) < 4.78 is 0. The lowest BCUT2D eigenvalue weighted by Gasteiger charge is -2.27. The third kappa shape index (κ3) is 9.51. The fourth-order valence-electron chi connectivity index (χ4n) is 8.23. The molecule has 0 fully saturated rings. The Bertz CT molecular complexity index is 2600. The highest BCUT2D eigenvalue weighted by molar-refractivity contribution is 7.92. The minimum atomic E-state index is 1.09. The topological polar surface area (TPSA) is 6.48 Å². The number of nitrogens with zero attached hydrogens (tertiary/aromatic N) is 2. The van der Waals surface area contributed by atoms with Crippen LogP contribution in [-0.4, -0.2) is 0 Å². The largest absolute Gasteiger partial charge is 0.311 e. The summed E-state index contributed by atoms with van der Waals surface area (Å²) in [6.07, 6.45) is 0. The van der Waals surface area contributed by atoms with Crippen molar-refractivity contribution in [3.05, 3.63) is 267 Å². The Morgan fingerprint density at radius 2 is 0.281 bits per heavy atom. The van der Waals surface area contributed by atoms with E-state index >= 15 is 0 Å². The molecule has 2 nitrogen and oxygen atoms in total. The predicted octanol–water partition coefficient (Wildman–Crippen LogP) is 17.6. The predicted molar refractivity (Wildman–Crippen MR) is 282 cm³/mol. The van der Waals surface area contributed by atoms with Crippen molar-refractivity contribution in [1.29, 1.82) is 0 Å². The summed E-state index contributed by atoms with van der Waals surface area (Å²) >= 11 is 0. The number of rotatable bonds is 11. The maximum atomic E-state index is 2.33. The third-order valence-electron chi connectivity index (χ3n) is 11.5. The SMILES string of the molecule is PP.c1ccc(-c2ccc(N(c3ccc(-c4ccccc4)cc3)c3ccc(-c4ccc(N(c5ccc(-c6ccccc6)cc5)c5ccc(-c6ccccc6)cc5)cc4)cc3)cc2)cc1. The Kier molecular flexibility index (Phi) is 13.3. The van der Waals surface area contributed by atoms with Gasteiger partial charge >= 0.3 is 0 Å². The van der Waals surface area contributed by atoms with Crippen molar-refractivity contribution in [1.82, 2.24) is 0 Å². The van der Waals surface area contributed by atoms with Gasteiger partial charge in [0.1, 0.15) is 0 Å². The molecule has 10 rings (SSSR count). The van der Waals surface area contributed by atoms with Gasteiger partial charge in [0.05, 0.1) is 0 Å². The summed E-state index contributed by atoms with van der Waals surface area (Å²) in [6.45, 7) is 0. The molecule has 0 aliphatic rings. The molecule has 10 aromatic rings. The first-order valence-electron chi connectivity index (χ1n) is 21.5. The molecule has 0 radical (unpaired) electrons. The molecular formula is C60H48N2P2. The average Bonchev–Trinajstić information content (AvgIpc) is 3.39. The first-order chi connectivity index (χ1) is 31.7. The van der Waals surface area contributed by atoms with Gasteiger partial charge in [0, 0.05) is 34.1 Å². The molecule has 2 unspecified atom stereocenters. The van der Waals surface area contributed by atoms with Gasteiger partial charge < -0.3 is 9.80 Å². The second-order valence-electron chi connectivity index (χ2n) is 15.4. The van der Waals surface area contributed by atoms with Crippen LogP contribution < -0.4 is 9.80 Å². The lowest BCUT2D eigenvalue weighted by atomic mass is 10.0. The van der Waals surface area contributed by atoms with Crippen molar-refractivity contribution in [2.24, 2.45) is 0 Å². The fourth-order valence-corrected chi connectivity index (χ4v) is 8.23. The zero-order valence-electron chi connectivity index (χ0n) is 35.5. The van der Waals surface area contributed by atoms with Gasteiger partial charge in [-0.15, -0.1) is 17.9 Å². The fraction of sp³-hybridized carbons (Fsp3) is 0. The van der Waals surface area contributed by atoms with Crippen molar-refractivity contribution in [2.75, 3.05) is 9.80 Å². The number of benzene rings is 10. The van der Waals surface area contributed by atoms with Crippen molar-refractivity contribution in [3.8, 4) is 55.6 Å². The minimum Gasteiger partial charge on any atom is -0.311 e. The third-order valence-corrected chi connectivity index (χ3v) is 11.5. The Labute approximate surface area is 382 Å². The van der Waals surface area contributed by atoms with E-state index in [2.05, 4.69) is 295 Å². The monoisotopic (exact) mass is 858 g/mol. The molecular weight excluding hydrogens is 811 g/mol. The molecule has 308 valence electrons. The summed E-state index contributed by atoms with van der Waals surface area (Å²) in [6, 6.07) is 95.5. The van der Waals surface area contributed by atoms with E-state index < -0.39 is 0 Å². The van der Waals surface area contributed by atoms with E-state index in [1.165, 1.54) is 44.5 Å². The highest BCUT2D eigenvalue weighted by atomic mass is 32.0. The zero-order chi connectivity index (χ0) is 43.5. The lowest BCUT2D eigenvalue weighted by molar-refractivity contribution is 1.28. The molecule has 0 heterocycles. The molecule has 0 aliphatic carbocycles. The van der Waals surface area contributed by atoms with Crippen LogP contribution in [0.15, 0.2) is 267 Å². The van der Waals surface area contributed by atoms with E-state index in [0.717, 1.165) is 45.3 Å². The zero-order valence-corrected chi connectivity index (χ0v) is 37.8. The van der Waals surface area contributed by atoms with Crippen LogP contribution >= 0.6 is 17.9 Å². The summed E-state index contributed by atoms with van der Waals surface area (Å²) in [5.74, 6) is 0. The smallest absolute Gasteiger partial charge is 0.0462 e.